The van der Waals surface area contributed by atoms with Crippen LogP contribution in [0.5, 0.6) is 0 Å². The van der Waals surface area contributed by atoms with Gasteiger partial charge in [0.15, 0.2) is 6.29 Å². The number of benzene rings is 1. The molecule has 2 saturated heterocycles. The van der Waals surface area contributed by atoms with E-state index >= 15 is 0 Å². The lowest BCUT2D eigenvalue weighted by molar-refractivity contribution is -0.393. The maximum Gasteiger partial charge on any atom is 0.301 e. The Morgan fingerprint density at radius 3 is 2.52 bits per heavy atom. The average Bonchev–Trinajstić information content (AvgIpc) is 3.18. The van der Waals surface area contributed by atoms with Crippen molar-refractivity contribution in [2.24, 2.45) is 5.10 Å². The van der Waals surface area contributed by atoms with Gasteiger partial charge in [-0.1, -0.05) is 34.8 Å². The SMILES string of the molecule is COC1C(/C=N/Nc2ccc([N+](=O)[O-])cc2[N+](=O)[O-])OC2OC(C(Cl)(Cl)Cl)OC21. The molecule has 12 nitrogen and oxygen atoms in total. The molecule has 2 fully saturated rings. The Labute approximate surface area is 177 Å². The van der Waals surface area contributed by atoms with Crippen molar-refractivity contribution in [2.45, 2.75) is 34.7 Å². The monoisotopic (exact) mass is 470 g/mol. The maximum atomic E-state index is 11.1. The first-order chi connectivity index (χ1) is 13.6. The molecule has 0 bridgehead atoms. The summed E-state index contributed by atoms with van der Waals surface area (Å²) in [6.45, 7) is 0. The molecule has 1 aromatic carbocycles. The molecule has 158 valence electrons. The van der Waals surface area contributed by atoms with Crippen molar-refractivity contribution in [3.8, 4) is 0 Å². The van der Waals surface area contributed by atoms with Crippen LogP contribution in [0.25, 0.3) is 0 Å². The Morgan fingerprint density at radius 1 is 1.21 bits per heavy atom. The molecule has 1 aromatic rings. The second kappa shape index (κ2) is 8.52. The number of nitrogens with zero attached hydrogens (tertiary/aromatic N) is 3. The molecule has 3 rings (SSSR count). The van der Waals surface area contributed by atoms with E-state index in [9.17, 15) is 20.2 Å². The summed E-state index contributed by atoms with van der Waals surface area (Å²) < 4.78 is 20.1. The van der Waals surface area contributed by atoms with Crippen LogP contribution >= 0.6 is 34.8 Å². The molecular formula is C14H13Cl3N4O8. The van der Waals surface area contributed by atoms with Crippen LogP contribution in [-0.2, 0) is 18.9 Å². The van der Waals surface area contributed by atoms with Gasteiger partial charge in [0.25, 0.3) is 5.69 Å². The molecule has 15 heteroatoms. The number of non-ortho nitro benzene ring substituents is 1. The fourth-order valence-electron chi connectivity index (χ4n) is 2.80. The van der Waals surface area contributed by atoms with Crippen molar-refractivity contribution in [3.05, 3.63) is 38.4 Å². The number of halogens is 3. The molecule has 2 heterocycles. The standard InChI is InChI=1S/C14H13Cl3N4O8/c1-26-10-9(27-12-11(10)28-13(29-12)14(15,16)17)5-18-19-7-3-2-6(20(22)23)4-8(7)21(24)25/h2-5,9-13,19H,1H3/b18-5+. The predicted octanol–water partition coefficient (Wildman–Crippen LogP) is 2.75. The number of anilines is 1. The summed E-state index contributed by atoms with van der Waals surface area (Å²) in [5, 5.41) is 25.8. The van der Waals surface area contributed by atoms with Crippen LogP contribution in [0.4, 0.5) is 17.1 Å². The topological polar surface area (TPSA) is 148 Å². The Morgan fingerprint density at radius 2 is 1.93 bits per heavy atom. The van der Waals surface area contributed by atoms with Crippen LogP contribution in [0, 0.1) is 20.2 Å². The second-order valence-electron chi connectivity index (χ2n) is 5.89. The average molecular weight is 472 g/mol. The van der Waals surface area contributed by atoms with Crippen molar-refractivity contribution < 1.29 is 28.8 Å². The van der Waals surface area contributed by atoms with Gasteiger partial charge < -0.3 is 18.9 Å². The number of ether oxygens (including phenoxy) is 4. The highest BCUT2D eigenvalue weighted by molar-refractivity contribution is 6.67. The zero-order valence-electron chi connectivity index (χ0n) is 14.4. The predicted molar refractivity (Wildman–Crippen MR) is 101 cm³/mol. The van der Waals surface area contributed by atoms with Crippen molar-refractivity contribution in [3.63, 3.8) is 0 Å². The molecule has 0 aromatic heterocycles. The first-order valence-electron chi connectivity index (χ1n) is 7.89. The van der Waals surface area contributed by atoms with E-state index in [1.807, 2.05) is 0 Å². The Balaban J connectivity index is 1.69. The quantitative estimate of drug-likeness (QED) is 0.286. The zero-order chi connectivity index (χ0) is 21.3. The molecule has 2 aliphatic rings. The second-order valence-corrected chi connectivity index (χ2v) is 8.25. The number of alkyl halides is 3. The van der Waals surface area contributed by atoms with Crippen molar-refractivity contribution >= 4 is 58.1 Å². The minimum atomic E-state index is -1.81. The van der Waals surface area contributed by atoms with Crippen molar-refractivity contribution in [1.29, 1.82) is 0 Å². The molecule has 29 heavy (non-hydrogen) atoms. The molecule has 5 atom stereocenters. The summed E-state index contributed by atoms with van der Waals surface area (Å²) >= 11 is 17.3. The first kappa shape index (κ1) is 21.9. The van der Waals surface area contributed by atoms with Gasteiger partial charge in [0, 0.05) is 13.2 Å². The van der Waals surface area contributed by atoms with Gasteiger partial charge in [0.05, 0.1) is 22.1 Å². The van der Waals surface area contributed by atoms with Gasteiger partial charge in [-0.25, -0.2) is 0 Å². The van der Waals surface area contributed by atoms with Crippen LogP contribution in [0.3, 0.4) is 0 Å². The molecule has 1 N–H and O–H groups in total. The number of rotatable bonds is 6. The van der Waals surface area contributed by atoms with Crippen LogP contribution in [0.2, 0.25) is 0 Å². The number of fused-ring (bicyclic) bond motifs is 1. The van der Waals surface area contributed by atoms with Crippen LogP contribution in [0.1, 0.15) is 0 Å². The largest absolute Gasteiger partial charge is 0.375 e. The number of nitrogens with one attached hydrogen (secondary N) is 1. The lowest BCUT2D eigenvalue weighted by Gasteiger charge is -2.22. The fraction of sp³-hybridized carbons (Fsp3) is 0.500. The third-order valence-electron chi connectivity index (χ3n) is 4.08. The van der Waals surface area contributed by atoms with E-state index in [0.29, 0.717) is 0 Å². The number of nitro benzene ring substituents is 2. The number of methoxy groups -OCH3 is 1. The van der Waals surface area contributed by atoms with E-state index in [1.54, 1.807) is 0 Å². The van der Waals surface area contributed by atoms with Crippen LogP contribution < -0.4 is 5.43 Å². The number of hydrazone groups is 1. The maximum absolute atomic E-state index is 11.1. The molecule has 0 aliphatic carbocycles. The number of hydrogen-bond acceptors (Lipinski definition) is 10. The summed E-state index contributed by atoms with van der Waals surface area (Å²) in [4.78, 5) is 20.4. The van der Waals surface area contributed by atoms with Gasteiger partial charge in [-0.3, -0.25) is 25.7 Å². The zero-order valence-corrected chi connectivity index (χ0v) is 16.7. The lowest BCUT2D eigenvalue weighted by Crippen LogP contribution is -2.37. The van der Waals surface area contributed by atoms with Gasteiger partial charge in [-0.15, -0.1) is 0 Å². The summed E-state index contributed by atoms with van der Waals surface area (Å²) in [5.74, 6) is 0. The Hall–Kier alpha value is -1.80. The van der Waals surface area contributed by atoms with E-state index in [1.165, 1.54) is 19.4 Å². The molecule has 0 spiro atoms. The van der Waals surface area contributed by atoms with Crippen LogP contribution in [0.15, 0.2) is 23.3 Å². The molecular weight excluding hydrogens is 459 g/mol. The molecule has 0 saturated carbocycles. The van der Waals surface area contributed by atoms with E-state index in [4.69, 9.17) is 53.8 Å². The highest BCUT2D eigenvalue weighted by Crippen LogP contribution is 2.42. The third kappa shape index (κ3) is 4.69. The van der Waals surface area contributed by atoms with Gasteiger partial charge in [-0.2, -0.15) is 5.10 Å². The molecule has 0 radical (unpaired) electrons. The van der Waals surface area contributed by atoms with E-state index < -0.39 is 55.9 Å². The van der Waals surface area contributed by atoms with E-state index in [-0.39, 0.29) is 5.69 Å². The van der Waals surface area contributed by atoms with Gasteiger partial charge in [-0.05, 0) is 6.07 Å². The first-order valence-corrected chi connectivity index (χ1v) is 9.03. The summed E-state index contributed by atoms with van der Waals surface area (Å²) in [6, 6.07) is 3.10. The van der Waals surface area contributed by atoms with E-state index in [0.717, 1.165) is 12.1 Å². The smallest absolute Gasteiger partial charge is 0.301 e. The van der Waals surface area contributed by atoms with Crippen molar-refractivity contribution in [1.82, 2.24) is 0 Å². The molecule has 5 unspecified atom stereocenters. The number of hydrogen-bond donors (Lipinski definition) is 1. The summed E-state index contributed by atoms with van der Waals surface area (Å²) in [5.41, 5.74) is 1.47. The Kier molecular flexibility index (Phi) is 6.43. The van der Waals surface area contributed by atoms with Gasteiger partial charge >= 0.3 is 5.69 Å². The summed E-state index contributed by atoms with van der Waals surface area (Å²) in [6.07, 6.45) is -2.81. The highest BCUT2D eigenvalue weighted by atomic mass is 35.6. The summed E-state index contributed by atoms with van der Waals surface area (Å²) in [7, 11) is 1.41. The molecule has 2 aliphatic heterocycles. The lowest BCUT2D eigenvalue weighted by atomic mass is 10.1. The minimum absolute atomic E-state index is 0.0484. The Bertz CT molecular complexity index is 836. The minimum Gasteiger partial charge on any atom is -0.375 e. The number of nitro groups is 2. The van der Waals surface area contributed by atoms with E-state index in [2.05, 4.69) is 10.5 Å². The van der Waals surface area contributed by atoms with Crippen molar-refractivity contribution in [2.75, 3.05) is 12.5 Å². The van der Waals surface area contributed by atoms with Gasteiger partial charge in [0.1, 0.15) is 24.0 Å². The van der Waals surface area contributed by atoms with Crippen LogP contribution in [-0.4, -0.2) is 57.9 Å². The highest BCUT2D eigenvalue weighted by Gasteiger charge is 2.56. The fourth-order valence-corrected chi connectivity index (χ4v) is 3.11. The normalized spacial score (nSPS) is 29.2. The van der Waals surface area contributed by atoms with Gasteiger partial charge in [0.2, 0.25) is 10.1 Å². The third-order valence-corrected chi connectivity index (χ3v) is 4.61. The molecule has 0 amide bonds.